The molecule has 16 heavy (non-hydrogen) atoms. The molecule has 0 heterocycles. The first kappa shape index (κ1) is 12.3. The summed E-state index contributed by atoms with van der Waals surface area (Å²) in [5, 5.41) is 21.1. The molecule has 0 saturated carbocycles. The number of rotatable bonds is 5. The van der Waals surface area contributed by atoms with Crippen molar-refractivity contribution in [2.24, 2.45) is 0 Å². The van der Waals surface area contributed by atoms with Gasteiger partial charge in [-0.3, -0.25) is 0 Å². The summed E-state index contributed by atoms with van der Waals surface area (Å²) in [5.41, 5.74) is 0.696. The number of benzene rings is 1. The number of carboxylic acids is 1. The predicted molar refractivity (Wildman–Crippen MR) is 62.6 cm³/mol. The summed E-state index contributed by atoms with van der Waals surface area (Å²) in [6.45, 7) is 0.875. The summed E-state index contributed by atoms with van der Waals surface area (Å²) in [7, 11) is 1.87. The normalized spacial score (nSPS) is 10.8. The topological polar surface area (TPSA) is 69.6 Å². The van der Waals surface area contributed by atoms with E-state index in [1.54, 1.807) is 6.07 Å². The highest BCUT2D eigenvalue weighted by molar-refractivity contribution is 5.91. The van der Waals surface area contributed by atoms with Crippen LogP contribution in [0.4, 0.5) is 0 Å². The summed E-state index contributed by atoms with van der Waals surface area (Å²) in [6.07, 6.45) is 4.66. The Balaban J connectivity index is 2.78. The quantitative estimate of drug-likeness (QED) is 0.662. The Morgan fingerprint density at radius 2 is 2.25 bits per heavy atom. The Bertz CT molecular complexity index is 399. The molecule has 0 amide bonds. The predicted octanol–water partition coefficient (Wildman–Crippen LogP) is 1.71. The lowest BCUT2D eigenvalue weighted by atomic mass is 10.1. The highest BCUT2D eigenvalue weighted by atomic mass is 16.4. The fourth-order valence-electron chi connectivity index (χ4n) is 1.28. The Hall–Kier alpha value is -1.81. The molecule has 0 fully saturated rings. The van der Waals surface area contributed by atoms with E-state index in [1.807, 2.05) is 19.2 Å². The Labute approximate surface area is 94.2 Å². The van der Waals surface area contributed by atoms with Gasteiger partial charge in [0.2, 0.25) is 0 Å². The second-order valence-corrected chi connectivity index (χ2v) is 3.38. The maximum absolute atomic E-state index is 10.8. The summed E-state index contributed by atoms with van der Waals surface area (Å²) < 4.78 is 0. The second-order valence-electron chi connectivity index (χ2n) is 3.38. The highest BCUT2D eigenvalue weighted by Crippen LogP contribution is 2.19. The molecule has 1 aromatic rings. The molecule has 0 radical (unpaired) electrons. The lowest BCUT2D eigenvalue weighted by Gasteiger charge is -2.00. The zero-order valence-corrected chi connectivity index (χ0v) is 9.10. The Morgan fingerprint density at radius 3 is 2.88 bits per heavy atom. The minimum absolute atomic E-state index is 0.0734. The summed E-state index contributed by atoms with van der Waals surface area (Å²) in [6, 6.07) is 4.52. The maximum atomic E-state index is 10.8. The van der Waals surface area contributed by atoms with E-state index in [0.29, 0.717) is 0 Å². The van der Waals surface area contributed by atoms with Crippen molar-refractivity contribution in [2.45, 2.75) is 6.42 Å². The van der Waals surface area contributed by atoms with Crippen LogP contribution in [0.5, 0.6) is 5.75 Å². The van der Waals surface area contributed by atoms with E-state index in [1.165, 1.54) is 12.1 Å². The van der Waals surface area contributed by atoms with Crippen LogP contribution in [0.25, 0.3) is 6.08 Å². The number of nitrogens with one attached hydrogen (secondary N) is 1. The van der Waals surface area contributed by atoms with E-state index in [4.69, 9.17) is 5.11 Å². The Kier molecular flexibility index (Phi) is 4.54. The van der Waals surface area contributed by atoms with Crippen molar-refractivity contribution in [3.8, 4) is 5.75 Å². The number of aromatic hydroxyl groups is 1. The molecule has 0 unspecified atom stereocenters. The SMILES string of the molecule is CNCCC=Cc1ccc(O)c(C(=O)O)c1. The number of carboxylic acid groups (broad SMARTS) is 1. The molecule has 0 spiro atoms. The molecule has 4 nitrogen and oxygen atoms in total. The molecular weight excluding hydrogens is 206 g/mol. The van der Waals surface area contributed by atoms with Crippen LogP contribution < -0.4 is 5.32 Å². The highest BCUT2D eigenvalue weighted by Gasteiger charge is 2.08. The lowest BCUT2D eigenvalue weighted by Crippen LogP contribution is -2.05. The first-order valence-corrected chi connectivity index (χ1v) is 5.02. The van der Waals surface area contributed by atoms with Crippen molar-refractivity contribution in [2.75, 3.05) is 13.6 Å². The van der Waals surface area contributed by atoms with Crippen LogP contribution in [-0.2, 0) is 0 Å². The molecule has 86 valence electrons. The molecular formula is C12H15NO3. The van der Waals surface area contributed by atoms with E-state index < -0.39 is 5.97 Å². The van der Waals surface area contributed by atoms with Crippen LogP contribution in [0.2, 0.25) is 0 Å². The summed E-state index contributed by atoms with van der Waals surface area (Å²) in [5.74, 6) is -1.33. The number of aromatic carboxylic acids is 1. The van der Waals surface area contributed by atoms with Crippen molar-refractivity contribution in [1.82, 2.24) is 5.32 Å². The molecule has 3 N–H and O–H groups in total. The minimum atomic E-state index is -1.12. The van der Waals surface area contributed by atoms with E-state index in [2.05, 4.69) is 5.32 Å². The van der Waals surface area contributed by atoms with Gasteiger partial charge in [-0.2, -0.15) is 0 Å². The van der Waals surface area contributed by atoms with Gasteiger partial charge in [0.15, 0.2) is 0 Å². The molecule has 1 aromatic carbocycles. The van der Waals surface area contributed by atoms with Crippen LogP contribution >= 0.6 is 0 Å². The number of carbonyl (C=O) groups is 1. The molecule has 1 rings (SSSR count). The second kappa shape index (κ2) is 5.92. The molecule has 0 aliphatic rings. The third-order valence-electron chi connectivity index (χ3n) is 2.12. The largest absolute Gasteiger partial charge is 0.507 e. The lowest BCUT2D eigenvalue weighted by molar-refractivity contribution is 0.0693. The number of hydrogen-bond donors (Lipinski definition) is 3. The van der Waals surface area contributed by atoms with E-state index in [9.17, 15) is 9.90 Å². The van der Waals surface area contributed by atoms with E-state index in [0.717, 1.165) is 18.5 Å². The molecule has 0 bridgehead atoms. The smallest absolute Gasteiger partial charge is 0.339 e. The molecule has 0 atom stereocenters. The van der Waals surface area contributed by atoms with Crippen molar-refractivity contribution in [3.05, 3.63) is 35.4 Å². The van der Waals surface area contributed by atoms with E-state index >= 15 is 0 Å². The van der Waals surface area contributed by atoms with Crippen molar-refractivity contribution >= 4 is 12.0 Å². The van der Waals surface area contributed by atoms with Gasteiger partial charge in [-0.1, -0.05) is 18.2 Å². The van der Waals surface area contributed by atoms with Gasteiger partial charge in [-0.15, -0.1) is 0 Å². The molecule has 0 saturated heterocycles. The average molecular weight is 221 g/mol. The fourth-order valence-corrected chi connectivity index (χ4v) is 1.28. The van der Waals surface area contributed by atoms with Gasteiger partial charge in [0, 0.05) is 0 Å². The monoisotopic (exact) mass is 221 g/mol. The minimum Gasteiger partial charge on any atom is -0.507 e. The first-order valence-electron chi connectivity index (χ1n) is 5.02. The van der Waals surface area contributed by atoms with Crippen LogP contribution in [-0.4, -0.2) is 29.8 Å². The van der Waals surface area contributed by atoms with Gasteiger partial charge in [-0.25, -0.2) is 4.79 Å². The third-order valence-corrected chi connectivity index (χ3v) is 2.12. The van der Waals surface area contributed by atoms with Crippen molar-refractivity contribution in [3.63, 3.8) is 0 Å². The molecule has 4 heteroatoms. The van der Waals surface area contributed by atoms with Crippen LogP contribution in [0.1, 0.15) is 22.3 Å². The van der Waals surface area contributed by atoms with Crippen LogP contribution in [0.15, 0.2) is 24.3 Å². The van der Waals surface area contributed by atoms with Crippen LogP contribution in [0.3, 0.4) is 0 Å². The van der Waals surface area contributed by atoms with Crippen molar-refractivity contribution < 1.29 is 15.0 Å². The Morgan fingerprint density at radius 1 is 1.50 bits per heavy atom. The zero-order chi connectivity index (χ0) is 12.0. The maximum Gasteiger partial charge on any atom is 0.339 e. The van der Waals surface area contributed by atoms with Gasteiger partial charge in [0.05, 0.1) is 0 Å². The summed E-state index contributed by atoms with van der Waals surface area (Å²) in [4.78, 5) is 10.8. The van der Waals surface area contributed by atoms with Gasteiger partial charge >= 0.3 is 5.97 Å². The standard InChI is InChI=1S/C12H15NO3/c1-13-7-3-2-4-9-5-6-11(14)10(8-9)12(15)16/h2,4-6,8,13-14H,3,7H2,1H3,(H,15,16). The fraction of sp³-hybridized carbons (Fsp3) is 0.250. The van der Waals surface area contributed by atoms with Gasteiger partial charge in [0.25, 0.3) is 0 Å². The molecule has 0 aliphatic carbocycles. The average Bonchev–Trinajstić information content (AvgIpc) is 2.26. The summed E-state index contributed by atoms with van der Waals surface area (Å²) >= 11 is 0. The van der Waals surface area contributed by atoms with Gasteiger partial charge < -0.3 is 15.5 Å². The number of hydrogen-bond acceptors (Lipinski definition) is 3. The van der Waals surface area contributed by atoms with Gasteiger partial charge in [-0.05, 0) is 37.7 Å². The molecule has 0 aliphatic heterocycles. The van der Waals surface area contributed by atoms with Gasteiger partial charge in [0.1, 0.15) is 11.3 Å². The third kappa shape index (κ3) is 3.40. The number of phenols is 1. The van der Waals surface area contributed by atoms with Crippen molar-refractivity contribution in [1.29, 1.82) is 0 Å². The van der Waals surface area contributed by atoms with E-state index in [-0.39, 0.29) is 11.3 Å². The first-order chi connectivity index (χ1) is 7.65. The van der Waals surface area contributed by atoms with Crippen LogP contribution in [0, 0.1) is 0 Å². The molecule has 0 aromatic heterocycles. The zero-order valence-electron chi connectivity index (χ0n) is 9.10.